The second-order valence-electron chi connectivity index (χ2n) is 4.23. The number of methoxy groups -OCH3 is 1. The number of benzene rings is 1. The SMILES string of the molecule is COc1c(Cl)ccc(CC(C(=O)O)C(=O)O)c1NC(C)=O. The monoisotopic (exact) mass is 315 g/mol. The molecule has 0 aliphatic heterocycles. The molecule has 0 saturated carbocycles. The van der Waals surface area contributed by atoms with Gasteiger partial charge in [0.2, 0.25) is 5.91 Å². The summed E-state index contributed by atoms with van der Waals surface area (Å²) >= 11 is 5.94. The van der Waals surface area contributed by atoms with E-state index in [9.17, 15) is 14.4 Å². The van der Waals surface area contributed by atoms with Gasteiger partial charge in [-0.25, -0.2) is 0 Å². The van der Waals surface area contributed by atoms with Gasteiger partial charge in [0.15, 0.2) is 11.7 Å². The van der Waals surface area contributed by atoms with Crippen LogP contribution in [0.1, 0.15) is 12.5 Å². The van der Waals surface area contributed by atoms with Gasteiger partial charge in [-0.2, -0.15) is 0 Å². The topological polar surface area (TPSA) is 113 Å². The number of carboxylic acids is 2. The van der Waals surface area contributed by atoms with Crippen LogP contribution < -0.4 is 10.1 Å². The summed E-state index contributed by atoms with van der Waals surface area (Å²) in [5.74, 6) is -4.84. The minimum absolute atomic E-state index is 0.152. The standard InChI is InChI=1S/C13H14ClNO6/c1-6(16)15-10-7(3-4-9(14)11(10)21-2)5-8(12(17)18)13(19)20/h3-4,8H,5H2,1-2H3,(H,15,16)(H,17,18)(H,19,20). The smallest absolute Gasteiger partial charge is 0.318 e. The van der Waals surface area contributed by atoms with E-state index in [0.717, 1.165) is 0 Å². The Bertz CT molecular complexity index is 572. The third kappa shape index (κ3) is 4.09. The van der Waals surface area contributed by atoms with Gasteiger partial charge in [-0.05, 0) is 18.1 Å². The predicted octanol–water partition coefficient (Wildman–Crippen LogP) is 1.63. The van der Waals surface area contributed by atoms with Crippen LogP contribution in [-0.4, -0.2) is 35.2 Å². The molecule has 0 unspecified atom stereocenters. The van der Waals surface area contributed by atoms with Crippen molar-refractivity contribution in [3.05, 3.63) is 22.7 Å². The average Bonchev–Trinajstić information content (AvgIpc) is 2.36. The molecule has 114 valence electrons. The molecule has 0 aliphatic carbocycles. The number of rotatable bonds is 6. The molecule has 21 heavy (non-hydrogen) atoms. The fourth-order valence-electron chi connectivity index (χ4n) is 1.78. The van der Waals surface area contributed by atoms with Gasteiger partial charge >= 0.3 is 11.9 Å². The van der Waals surface area contributed by atoms with E-state index < -0.39 is 23.8 Å². The third-order valence-electron chi connectivity index (χ3n) is 2.72. The Morgan fingerprint density at radius 1 is 1.29 bits per heavy atom. The number of carboxylic acid groups (broad SMARTS) is 2. The minimum atomic E-state index is -1.64. The Morgan fingerprint density at radius 3 is 2.29 bits per heavy atom. The molecule has 0 spiro atoms. The van der Waals surface area contributed by atoms with Crippen LogP contribution in [-0.2, 0) is 20.8 Å². The lowest BCUT2D eigenvalue weighted by atomic mass is 9.97. The number of nitrogens with one attached hydrogen (secondary N) is 1. The van der Waals surface area contributed by atoms with E-state index in [4.69, 9.17) is 26.6 Å². The van der Waals surface area contributed by atoms with Gasteiger partial charge in [-0.3, -0.25) is 14.4 Å². The van der Waals surface area contributed by atoms with Crippen molar-refractivity contribution < 1.29 is 29.3 Å². The molecule has 1 aromatic carbocycles. The van der Waals surface area contributed by atoms with Crippen molar-refractivity contribution in [3.63, 3.8) is 0 Å². The molecule has 0 aliphatic rings. The maximum Gasteiger partial charge on any atom is 0.318 e. The van der Waals surface area contributed by atoms with Gasteiger partial charge in [0.25, 0.3) is 0 Å². The molecule has 0 saturated heterocycles. The Hall–Kier alpha value is -2.28. The summed E-state index contributed by atoms with van der Waals surface area (Å²) < 4.78 is 5.08. The van der Waals surface area contributed by atoms with Crippen LogP contribution in [0.2, 0.25) is 5.02 Å². The number of halogens is 1. The molecule has 8 heteroatoms. The summed E-state index contributed by atoms with van der Waals surface area (Å²) in [4.78, 5) is 33.2. The lowest BCUT2D eigenvalue weighted by Gasteiger charge is -2.17. The van der Waals surface area contributed by atoms with Crippen molar-refractivity contribution in [1.82, 2.24) is 0 Å². The zero-order valence-corrected chi connectivity index (χ0v) is 12.1. The maximum absolute atomic E-state index is 11.3. The van der Waals surface area contributed by atoms with E-state index in [1.807, 2.05) is 0 Å². The first-order valence-electron chi connectivity index (χ1n) is 5.86. The zero-order chi connectivity index (χ0) is 16.2. The summed E-state index contributed by atoms with van der Waals surface area (Å²) in [5, 5.41) is 20.6. The fourth-order valence-corrected chi connectivity index (χ4v) is 2.02. The molecule has 1 rings (SSSR count). The highest BCUT2D eigenvalue weighted by Crippen LogP contribution is 2.37. The van der Waals surface area contributed by atoms with Crippen LogP contribution in [0.5, 0.6) is 5.75 Å². The van der Waals surface area contributed by atoms with Gasteiger partial charge in [0, 0.05) is 6.92 Å². The number of aliphatic carboxylic acids is 2. The van der Waals surface area contributed by atoms with Crippen LogP contribution in [0.4, 0.5) is 5.69 Å². The highest BCUT2D eigenvalue weighted by atomic mass is 35.5. The number of ether oxygens (including phenoxy) is 1. The van der Waals surface area contributed by atoms with E-state index in [0.29, 0.717) is 5.56 Å². The van der Waals surface area contributed by atoms with Crippen molar-refractivity contribution in [2.24, 2.45) is 5.92 Å². The highest BCUT2D eigenvalue weighted by molar-refractivity contribution is 6.32. The molecule has 1 aromatic rings. The Kier molecular flexibility index (Phi) is 5.54. The van der Waals surface area contributed by atoms with E-state index in [1.54, 1.807) is 0 Å². The van der Waals surface area contributed by atoms with Crippen LogP contribution in [0.15, 0.2) is 12.1 Å². The Balaban J connectivity index is 3.31. The summed E-state index contributed by atoms with van der Waals surface area (Å²) in [5.41, 5.74) is 0.478. The largest absolute Gasteiger partial charge is 0.493 e. The molecule has 0 heterocycles. The fraction of sp³-hybridized carbons (Fsp3) is 0.308. The molecule has 0 atom stereocenters. The predicted molar refractivity (Wildman–Crippen MR) is 74.8 cm³/mol. The normalized spacial score (nSPS) is 10.3. The van der Waals surface area contributed by atoms with Gasteiger partial charge < -0.3 is 20.3 Å². The van der Waals surface area contributed by atoms with Gasteiger partial charge in [-0.1, -0.05) is 17.7 Å². The molecular formula is C13H14ClNO6. The number of carbonyl (C=O) groups excluding carboxylic acids is 1. The van der Waals surface area contributed by atoms with E-state index >= 15 is 0 Å². The van der Waals surface area contributed by atoms with Gasteiger partial charge in [0.1, 0.15) is 0 Å². The second kappa shape index (κ2) is 6.94. The number of hydrogen-bond acceptors (Lipinski definition) is 4. The first-order chi connectivity index (χ1) is 9.77. The number of anilines is 1. The van der Waals surface area contributed by atoms with Crippen LogP contribution in [0.25, 0.3) is 0 Å². The van der Waals surface area contributed by atoms with Crippen molar-refractivity contribution in [1.29, 1.82) is 0 Å². The first kappa shape index (κ1) is 16.8. The van der Waals surface area contributed by atoms with Crippen molar-refractivity contribution in [2.75, 3.05) is 12.4 Å². The van der Waals surface area contributed by atoms with E-state index in [1.165, 1.54) is 26.2 Å². The molecule has 3 N–H and O–H groups in total. The lowest BCUT2D eigenvalue weighted by molar-refractivity contribution is -0.154. The highest BCUT2D eigenvalue weighted by Gasteiger charge is 2.28. The summed E-state index contributed by atoms with van der Waals surface area (Å²) in [6.45, 7) is 1.26. The van der Waals surface area contributed by atoms with Gasteiger partial charge in [0.05, 0.1) is 17.8 Å². The number of hydrogen-bond donors (Lipinski definition) is 3. The quantitative estimate of drug-likeness (QED) is 0.688. The molecule has 0 radical (unpaired) electrons. The number of amides is 1. The van der Waals surface area contributed by atoms with Crippen molar-refractivity contribution >= 4 is 35.1 Å². The maximum atomic E-state index is 11.3. The third-order valence-corrected chi connectivity index (χ3v) is 3.02. The molecule has 0 aromatic heterocycles. The summed E-state index contributed by atoms with van der Waals surface area (Å²) in [7, 11) is 1.34. The molecule has 1 amide bonds. The Morgan fingerprint density at radius 2 is 1.86 bits per heavy atom. The average molecular weight is 316 g/mol. The molecule has 7 nitrogen and oxygen atoms in total. The van der Waals surface area contributed by atoms with E-state index in [-0.39, 0.29) is 22.9 Å². The lowest BCUT2D eigenvalue weighted by Crippen LogP contribution is -2.26. The van der Waals surface area contributed by atoms with Crippen molar-refractivity contribution in [3.8, 4) is 5.75 Å². The van der Waals surface area contributed by atoms with Crippen LogP contribution in [0.3, 0.4) is 0 Å². The van der Waals surface area contributed by atoms with E-state index in [2.05, 4.69) is 5.32 Å². The number of carbonyl (C=O) groups is 3. The molecule has 0 fully saturated rings. The van der Waals surface area contributed by atoms with Crippen molar-refractivity contribution in [2.45, 2.75) is 13.3 Å². The Labute approximate surface area is 125 Å². The first-order valence-corrected chi connectivity index (χ1v) is 6.24. The minimum Gasteiger partial charge on any atom is -0.493 e. The zero-order valence-electron chi connectivity index (χ0n) is 11.3. The van der Waals surface area contributed by atoms with Crippen LogP contribution >= 0.6 is 11.6 Å². The van der Waals surface area contributed by atoms with Gasteiger partial charge in [-0.15, -0.1) is 0 Å². The second-order valence-corrected chi connectivity index (χ2v) is 4.64. The summed E-state index contributed by atoms with van der Waals surface area (Å²) in [6, 6.07) is 2.90. The summed E-state index contributed by atoms with van der Waals surface area (Å²) in [6.07, 6.45) is -0.312. The van der Waals surface area contributed by atoms with Crippen LogP contribution in [0, 0.1) is 5.92 Å². The molecular weight excluding hydrogens is 302 g/mol. The molecule has 0 bridgehead atoms.